The molecule has 4 heteroatoms. The Morgan fingerprint density at radius 1 is 1.27 bits per heavy atom. The first-order valence-corrected chi connectivity index (χ1v) is 5.86. The molecule has 15 heavy (non-hydrogen) atoms. The molecular weight excluding hydrogens is 236 g/mol. The predicted molar refractivity (Wildman–Crippen MR) is 63.1 cm³/mol. The zero-order valence-electron chi connectivity index (χ0n) is 8.40. The first kappa shape index (κ1) is 12.8. The minimum atomic E-state index is -0.257. The van der Waals surface area contributed by atoms with Crippen LogP contribution in [-0.4, -0.2) is 12.4 Å². The fraction of sp³-hybridized carbons (Fsp3) is 0.455. The quantitative estimate of drug-likeness (QED) is 0.601. The predicted octanol–water partition coefficient (Wildman–Crippen LogP) is 3.59. The number of hydrogen-bond donors (Lipinski definition) is 1. The van der Waals surface area contributed by atoms with Gasteiger partial charge in [0, 0.05) is 23.0 Å². The van der Waals surface area contributed by atoms with E-state index < -0.39 is 0 Å². The van der Waals surface area contributed by atoms with Crippen LogP contribution in [0.3, 0.4) is 0 Å². The number of hydrogen-bond acceptors (Lipinski definition) is 1. The Hall–Kier alpha value is -0.310. The summed E-state index contributed by atoms with van der Waals surface area (Å²) in [5.41, 5.74) is 0.532. The molecule has 84 valence electrons. The lowest BCUT2D eigenvalue weighted by Gasteiger charge is -2.07. The van der Waals surface area contributed by atoms with Gasteiger partial charge in [-0.15, -0.1) is 11.6 Å². The smallest absolute Gasteiger partial charge is 0.129 e. The average molecular weight is 250 g/mol. The molecule has 1 N–H and O–H groups in total. The van der Waals surface area contributed by atoms with Gasteiger partial charge in [0.2, 0.25) is 0 Å². The van der Waals surface area contributed by atoms with Gasteiger partial charge in [0.25, 0.3) is 0 Å². The van der Waals surface area contributed by atoms with Crippen molar-refractivity contribution in [3.05, 3.63) is 34.6 Å². The molecule has 0 aromatic heterocycles. The molecule has 1 aromatic carbocycles. The molecule has 0 aliphatic rings. The zero-order chi connectivity index (χ0) is 11.1. The van der Waals surface area contributed by atoms with Gasteiger partial charge in [-0.2, -0.15) is 0 Å². The maximum atomic E-state index is 13.3. The van der Waals surface area contributed by atoms with Gasteiger partial charge in [0.1, 0.15) is 5.82 Å². The van der Waals surface area contributed by atoms with E-state index in [1.807, 2.05) is 0 Å². The Bertz CT molecular complexity index is 284. The van der Waals surface area contributed by atoms with E-state index in [0.29, 0.717) is 23.0 Å². The van der Waals surface area contributed by atoms with E-state index >= 15 is 0 Å². The Morgan fingerprint density at radius 2 is 2.07 bits per heavy atom. The average Bonchev–Trinajstić information content (AvgIpc) is 2.21. The van der Waals surface area contributed by atoms with Crippen LogP contribution in [-0.2, 0) is 6.54 Å². The van der Waals surface area contributed by atoms with Crippen LogP contribution in [0.25, 0.3) is 0 Å². The molecule has 0 spiro atoms. The van der Waals surface area contributed by atoms with Gasteiger partial charge in [0.15, 0.2) is 0 Å². The monoisotopic (exact) mass is 249 g/mol. The van der Waals surface area contributed by atoms with Crippen molar-refractivity contribution in [3.8, 4) is 0 Å². The second-order valence-electron chi connectivity index (χ2n) is 3.27. The van der Waals surface area contributed by atoms with Gasteiger partial charge < -0.3 is 5.32 Å². The molecule has 1 rings (SSSR count). The third-order valence-corrected chi connectivity index (χ3v) is 2.72. The van der Waals surface area contributed by atoms with E-state index in [2.05, 4.69) is 5.32 Å². The highest BCUT2D eigenvalue weighted by Crippen LogP contribution is 2.18. The van der Waals surface area contributed by atoms with Crippen molar-refractivity contribution in [3.63, 3.8) is 0 Å². The highest BCUT2D eigenvalue weighted by molar-refractivity contribution is 6.31. The van der Waals surface area contributed by atoms with Crippen molar-refractivity contribution >= 4 is 23.2 Å². The van der Waals surface area contributed by atoms with Gasteiger partial charge in [-0.3, -0.25) is 0 Å². The first-order chi connectivity index (χ1) is 7.25. The molecule has 1 aromatic rings. The highest BCUT2D eigenvalue weighted by Gasteiger charge is 2.05. The van der Waals surface area contributed by atoms with Crippen LogP contribution in [0, 0.1) is 5.82 Å². The van der Waals surface area contributed by atoms with Crippen LogP contribution in [0.4, 0.5) is 4.39 Å². The number of benzene rings is 1. The zero-order valence-corrected chi connectivity index (χ0v) is 9.91. The Labute approximate surface area is 99.6 Å². The van der Waals surface area contributed by atoms with E-state index in [4.69, 9.17) is 23.2 Å². The number of nitrogens with one attached hydrogen (secondary N) is 1. The van der Waals surface area contributed by atoms with Crippen molar-refractivity contribution in [2.24, 2.45) is 0 Å². The van der Waals surface area contributed by atoms with Crippen LogP contribution in [0.15, 0.2) is 18.2 Å². The molecule has 0 aliphatic carbocycles. The van der Waals surface area contributed by atoms with Crippen molar-refractivity contribution in [2.75, 3.05) is 12.4 Å². The summed E-state index contributed by atoms with van der Waals surface area (Å²) in [7, 11) is 0. The Balaban J connectivity index is 2.37. The molecule has 0 saturated carbocycles. The molecule has 0 unspecified atom stereocenters. The summed E-state index contributed by atoms with van der Waals surface area (Å²) in [5.74, 6) is 0.412. The highest BCUT2D eigenvalue weighted by atomic mass is 35.5. The number of alkyl halides is 1. The maximum Gasteiger partial charge on any atom is 0.129 e. The molecule has 0 fully saturated rings. The van der Waals surface area contributed by atoms with Gasteiger partial charge in [-0.1, -0.05) is 17.7 Å². The van der Waals surface area contributed by atoms with Crippen LogP contribution < -0.4 is 5.32 Å². The van der Waals surface area contributed by atoms with Gasteiger partial charge in [-0.25, -0.2) is 4.39 Å². The van der Waals surface area contributed by atoms with E-state index in [9.17, 15) is 4.39 Å². The molecule has 0 amide bonds. The van der Waals surface area contributed by atoms with Crippen LogP contribution in [0.5, 0.6) is 0 Å². The number of rotatable bonds is 6. The van der Waals surface area contributed by atoms with E-state index in [-0.39, 0.29) is 5.82 Å². The Kier molecular flexibility index (Phi) is 5.99. The van der Waals surface area contributed by atoms with Crippen LogP contribution >= 0.6 is 23.2 Å². The fourth-order valence-electron chi connectivity index (χ4n) is 1.26. The molecule has 0 heterocycles. The van der Waals surface area contributed by atoms with E-state index in [0.717, 1.165) is 19.4 Å². The third-order valence-electron chi connectivity index (χ3n) is 2.10. The summed E-state index contributed by atoms with van der Waals surface area (Å²) >= 11 is 11.4. The largest absolute Gasteiger partial charge is 0.313 e. The molecule has 0 bridgehead atoms. The summed E-state index contributed by atoms with van der Waals surface area (Å²) in [6.45, 7) is 1.30. The Morgan fingerprint density at radius 3 is 2.73 bits per heavy atom. The minimum absolute atomic E-state index is 0.257. The molecular formula is C11H14Cl2FN. The second kappa shape index (κ2) is 7.04. The maximum absolute atomic E-state index is 13.3. The summed E-state index contributed by atoms with van der Waals surface area (Å²) in [6, 6.07) is 4.72. The summed E-state index contributed by atoms with van der Waals surface area (Å²) in [5, 5.41) is 3.61. The van der Waals surface area contributed by atoms with Gasteiger partial charge in [-0.05, 0) is 31.5 Å². The molecule has 0 radical (unpaired) electrons. The molecule has 1 nitrogen and oxygen atoms in total. The summed E-state index contributed by atoms with van der Waals surface area (Å²) in [6.07, 6.45) is 1.97. The number of halogens is 3. The standard InChI is InChI=1S/C11H14Cl2FN/c12-6-1-2-7-15-8-9-10(13)4-3-5-11(9)14/h3-5,15H,1-2,6-8H2. The normalized spacial score (nSPS) is 10.6. The lowest BCUT2D eigenvalue weighted by atomic mass is 10.2. The van der Waals surface area contributed by atoms with E-state index in [1.54, 1.807) is 12.1 Å². The molecule has 0 atom stereocenters. The molecule has 0 saturated heterocycles. The SMILES string of the molecule is Fc1cccc(Cl)c1CNCCCCCl. The van der Waals surface area contributed by atoms with Gasteiger partial charge in [0.05, 0.1) is 0 Å². The summed E-state index contributed by atoms with van der Waals surface area (Å²) < 4.78 is 13.3. The van der Waals surface area contributed by atoms with Crippen molar-refractivity contribution in [1.29, 1.82) is 0 Å². The van der Waals surface area contributed by atoms with Gasteiger partial charge >= 0.3 is 0 Å². The minimum Gasteiger partial charge on any atom is -0.313 e. The third kappa shape index (κ3) is 4.37. The van der Waals surface area contributed by atoms with E-state index in [1.165, 1.54) is 6.07 Å². The van der Waals surface area contributed by atoms with Crippen molar-refractivity contribution in [2.45, 2.75) is 19.4 Å². The first-order valence-electron chi connectivity index (χ1n) is 4.95. The topological polar surface area (TPSA) is 12.0 Å². The molecule has 0 aliphatic heterocycles. The van der Waals surface area contributed by atoms with Crippen LogP contribution in [0.1, 0.15) is 18.4 Å². The number of unbranched alkanes of at least 4 members (excludes halogenated alkanes) is 1. The lowest BCUT2D eigenvalue weighted by Crippen LogP contribution is -2.16. The second-order valence-corrected chi connectivity index (χ2v) is 4.06. The summed E-state index contributed by atoms with van der Waals surface area (Å²) in [4.78, 5) is 0. The fourth-order valence-corrected chi connectivity index (χ4v) is 1.68. The lowest BCUT2D eigenvalue weighted by molar-refractivity contribution is 0.580. The van der Waals surface area contributed by atoms with Crippen molar-refractivity contribution < 1.29 is 4.39 Å². The van der Waals surface area contributed by atoms with Crippen molar-refractivity contribution in [1.82, 2.24) is 5.32 Å². The van der Waals surface area contributed by atoms with Crippen LogP contribution in [0.2, 0.25) is 5.02 Å².